The van der Waals surface area contributed by atoms with Crippen molar-refractivity contribution in [2.75, 3.05) is 4.90 Å². The summed E-state index contributed by atoms with van der Waals surface area (Å²) in [6.45, 7) is 10.0. The largest absolute Gasteiger partial charge is 0.494 e. The van der Waals surface area contributed by atoms with E-state index in [-0.39, 0.29) is 29.5 Å². The van der Waals surface area contributed by atoms with Crippen molar-refractivity contribution in [2.45, 2.75) is 52.4 Å². The monoisotopic (exact) mass is 519 g/mol. The van der Waals surface area contributed by atoms with Gasteiger partial charge in [0.15, 0.2) is 0 Å². The quantitative estimate of drug-likeness (QED) is 0.181. The van der Waals surface area contributed by atoms with Crippen LogP contribution in [0.25, 0.3) is 0 Å². The van der Waals surface area contributed by atoms with Gasteiger partial charge in [-0.05, 0) is 81.1 Å². The first kappa shape index (κ1) is 28.8. The Labute approximate surface area is 223 Å². The summed E-state index contributed by atoms with van der Waals surface area (Å²) in [6.07, 6.45) is 2.15. The van der Waals surface area contributed by atoms with Gasteiger partial charge in [0.2, 0.25) is 5.91 Å². The second kappa shape index (κ2) is 13.7. The lowest BCUT2D eigenvalue weighted by Crippen LogP contribution is -2.61. The predicted molar refractivity (Wildman–Crippen MR) is 147 cm³/mol. The smallest absolute Gasteiger partial charge is 0.233 e. The first-order valence-electron chi connectivity index (χ1n) is 12.7. The lowest BCUT2D eigenvalue weighted by atomic mass is 9.78. The third-order valence-corrected chi connectivity index (χ3v) is 6.57. The molecule has 4 nitrogen and oxygen atoms in total. The topological polar surface area (TPSA) is 49.8 Å². The number of benzene rings is 3. The summed E-state index contributed by atoms with van der Waals surface area (Å²) in [6, 6.07) is 21.6. The van der Waals surface area contributed by atoms with E-state index in [9.17, 15) is 18.7 Å². The van der Waals surface area contributed by atoms with Gasteiger partial charge in [-0.15, -0.1) is 0 Å². The van der Waals surface area contributed by atoms with Crippen molar-refractivity contribution >= 4 is 11.6 Å². The molecule has 0 aromatic heterocycles. The van der Waals surface area contributed by atoms with Crippen LogP contribution in [-0.2, 0) is 16.1 Å². The molecule has 4 rings (SSSR count). The molecule has 2 unspecified atom stereocenters. The number of ether oxygens (including phenoxy) is 1. The molecule has 1 fully saturated rings. The van der Waals surface area contributed by atoms with Crippen LogP contribution in [0.2, 0.25) is 0 Å². The van der Waals surface area contributed by atoms with Gasteiger partial charge < -0.3 is 14.7 Å². The number of rotatable bonds is 9. The van der Waals surface area contributed by atoms with Crippen LogP contribution in [0, 0.1) is 17.6 Å². The number of aliphatic hydroxyl groups excluding tert-OH is 1. The van der Waals surface area contributed by atoms with Crippen molar-refractivity contribution in [3.8, 4) is 0 Å². The zero-order valence-electron chi connectivity index (χ0n) is 22.1. The highest BCUT2D eigenvalue weighted by Gasteiger charge is 2.48. The second-order valence-corrected chi connectivity index (χ2v) is 9.39. The molecule has 0 saturated carbocycles. The van der Waals surface area contributed by atoms with Crippen LogP contribution >= 0.6 is 0 Å². The van der Waals surface area contributed by atoms with Gasteiger partial charge >= 0.3 is 0 Å². The fourth-order valence-corrected chi connectivity index (χ4v) is 4.38. The number of aliphatic hydroxyl groups is 1. The summed E-state index contributed by atoms with van der Waals surface area (Å²) in [7, 11) is 0. The molecule has 0 spiro atoms. The fourth-order valence-electron chi connectivity index (χ4n) is 4.38. The van der Waals surface area contributed by atoms with Gasteiger partial charge in [-0.25, -0.2) is 8.78 Å². The maximum atomic E-state index is 13.2. The summed E-state index contributed by atoms with van der Waals surface area (Å²) in [5.74, 6) is -0.196. The maximum absolute atomic E-state index is 13.2. The first-order valence-corrected chi connectivity index (χ1v) is 12.7. The number of amides is 1. The van der Waals surface area contributed by atoms with E-state index in [1.165, 1.54) is 29.8 Å². The molecule has 1 amide bonds. The van der Waals surface area contributed by atoms with Crippen molar-refractivity contribution in [2.24, 2.45) is 5.92 Å². The average molecular weight is 520 g/mol. The van der Waals surface area contributed by atoms with E-state index in [2.05, 4.69) is 6.58 Å². The van der Waals surface area contributed by atoms with E-state index >= 15 is 0 Å². The highest BCUT2D eigenvalue weighted by Crippen LogP contribution is 2.40. The second-order valence-electron chi connectivity index (χ2n) is 9.39. The molecule has 200 valence electrons. The number of nitrogens with zero attached hydrogens (tertiary/aromatic N) is 1. The molecule has 1 heterocycles. The minimum atomic E-state index is -0.746. The molecule has 6 heteroatoms. The minimum absolute atomic E-state index is 0.0286. The van der Waals surface area contributed by atoms with Crippen molar-refractivity contribution < 1.29 is 23.4 Å². The number of carbonyl (C=O) groups is 1. The highest BCUT2D eigenvalue weighted by atomic mass is 19.1. The Bertz CT molecular complexity index is 1220. The Morgan fingerprint density at radius 2 is 1.58 bits per heavy atom. The molecule has 1 aliphatic heterocycles. The van der Waals surface area contributed by atoms with Crippen LogP contribution in [0.3, 0.4) is 0 Å². The summed E-state index contributed by atoms with van der Waals surface area (Å²) >= 11 is 0. The lowest BCUT2D eigenvalue weighted by molar-refractivity contribution is -0.129. The van der Waals surface area contributed by atoms with E-state index < -0.39 is 6.10 Å². The Balaban J connectivity index is 0.000000304. The van der Waals surface area contributed by atoms with Gasteiger partial charge in [-0.1, -0.05) is 60.7 Å². The van der Waals surface area contributed by atoms with Gasteiger partial charge in [0.05, 0.1) is 23.8 Å². The summed E-state index contributed by atoms with van der Waals surface area (Å²) in [5.41, 5.74) is 3.54. The SMILES string of the molecule is C/C=C(\C)C1[C@@H](CCC(O)c2ccc(F)cc2)C(=O)N1c1ccc(F)cc1.C=C(C)OCc1ccccc1. The molecule has 3 aromatic rings. The number of carbonyl (C=O) groups excluding carboxylic acids is 1. The van der Waals surface area contributed by atoms with Crippen LogP contribution in [0.1, 0.15) is 50.8 Å². The zero-order valence-corrected chi connectivity index (χ0v) is 22.1. The molecule has 0 aliphatic carbocycles. The Morgan fingerprint density at radius 1 is 1.00 bits per heavy atom. The first-order chi connectivity index (χ1) is 18.2. The van der Waals surface area contributed by atoms with Crippen molar-refractivity contribution in [1.29, 1.82) is 0 Å². The standard InChI is InChI=1S/C22H23F2NO2.C10H12O/c1-3-14(2)21-19(12-13-20(26)15-4-6-16(23)7-5-15)22(27)25(21)18-10-8-17(24)9-11-18;1-9(2)11-8-10-6-4-3-5-7-10/h3-11,19-21,26H,12-13H2,1-2H3;3-7H,1,8H2,2H3/b14-3+;/t19-,20?,21?;/m1./s1. The van der Waals surface area contributed by atoms with Gasteiger partial charge in [-0.3, -0.25) is 4.79 Å². The van der Waals surface area contributed by atoms with Gasteiger partial charge in [0.1, 0.15) is 18.2 Å². The van der Waals surface area contributed by atoms with Gasteiger partial charge in [0, 0.05) is 5.69 Å². The fraction of sp³-hybridized carbons (Fsp3) is 0.281. The van der Waals surface area contributed by atoms with E-state index in [1.807, 2.05) is 57.2 Å². The van der Waals surface area contributed by atoms with E-state index in [0.29, 0.717) is 30.7 Å². The van der Waals surface area contributed by atoms with Crippen LogP contribution in [-0.4, -0.2) is 17.1 Å². The van der Waals surface area contributed by atoms with Crippen molar-refractivity contribution in [3.05, 3.63) is 126 Å². The molecule has 1 N–H and O–H groups in total. The molecule has 3 atom stereocenters. The number of hydrogen-bond acceptors (Lipinski definition) is 3. The summed E-state index contributed by atoms with van der Waals surface area (Å²) in [4.78, 5) is 14.4. The third-order valence-electron chi connectivity index (χ3n) is 6.57. The summed E-state index contributed by atoms with van der Waals surface area (Å²) < 4.78 is 31.5. The molecule has 0 bridgehead atoms. The van der Waals surface area contributed by atoms with E-state index in [1.54, 1.807) is 29.2 Å². The van der Waals surface area contributed by atoms with E-state index in [0.717, 1.165) is 11.3 Å². The normalized spacial score (nSPS) is 17.7. The Kier molecular flexibility index (Phi) is 10.4. The minimum Gasteiger partial charge on any atom is -0.494 e. The molecule has 1 saturated heterocycles. The molecule has 3 aromatic carbocycles. The number of halogens is 2. The molecule has 0 radical (unpaired) electrons. The molecule has 38 heavy (non-hydrogen) atoms. The van der Waals surface area contributed by atoms with Crippen LogP contribution in [0.5, 0.6) is 0 Å². The number of hydrogen-bond donors (Lipinski definition) is 1. The maximum Gasteiger partial charge on any atom is 0.233 e. The third kappa shape index (κ3) is 7.62. The summed E-state index contributed by atoms with van der Waals surface area (Å²) in [5, 5.41) is 10.4. The van der Waals surface area contributed by atoms with Crippen LogP contribution in [0.15, 0.2) is 103 Å². The zero-order chi connectivity index (χ0) is 27.7. The Hall–Kier alpha value is -3.77. The number of anilines is 1. The molecule has 1 aliphatic rings. The number of β-lactam (4-membered cyclic amide) rings is 1. The van der Waals surface area contributed by atoms with Gasteiger partial charge in [-0.2, -0.15) is 0 Å². The van der Waals surface area contributed by atoms with Crippen molar-refractivity contribution in [1.82, 2.24) is 0 Å². The Morgan fingerprint density at radius 3 is 2.13 bits per heavy atom. The predicted octanol–water partition coefficient (Wildman–Crippen LogP) is 7.51. The molecular formula is C32H35F2NO3. The lowest BCUT2D eigenvalue weighted by Gasteiger charge is -2.48. The van der Waals surface area contributed by atoms with Crippen LogP contribution in [0.4, 0.5) is 14.5 Å². The van der Waals surface area contributed by atoms with Crippen molar-refractivity contribution in [3.63, 3.8) is 0 Å². The number of allylic oxidation sites excluding steroid dienone is 2. The van der Waals surface area contributed by atoms with Crippen LogP contribution < -0.4 is 4.90 Å². The average Bonchev–Trinajstić information content (AvgIpc) is 2.92. The highest BCUT2D eigenvalue weighted by molar-refractivity contribution is 6.04. The van der Waals surface area contributed by atoms with E-state index in [4.69, 9.17) is 4.74 Å². The molecular weight excluding hydrogens is 484 g/mol. The van der Waals surface area contributed by atoms with Gasteiger partial charge in [0.25, 0.3) is 0 Å².